The summed E-state index contributed by atoms with van der Waals surface area (Å²) in [6.45, 7) is 8.72. The number of rotatable bonds is 9. The third kappa shape index (κ3) is 7.07. The number of halogens is 2. The number of allylic oxidation sites excluding steroid dienone is 1. The molecule has 2 aromatic rings. The average Bonchev–Trinajstić information content (AvgIpc) is 3.24. The number of carbonyl (C=O) groups is 1. The van der Waals surface area contributed by atoms with Crippen LogP contribution in [0.4, 0.5) is 8.78 Å². The summed E-state index contributed by atoms with van der Waals surface area (Å²) in [5.41, 5.74) is 3.00. The highest BCUT2D eigenvalue weighted by Gasteiger charge is 2.27. The molecule has 0 saturated heterocycles. The Hall–Kier alpha value is -2.39. The predicted molar refractivity (Wildman–Crippen MR) is 134 cm³/mol. The molecule has 1 saturated carbocycles. The monoisotopic (exact) mass is 504 g/mol. The standard InChI is InChI=1S/C26H34F2N4O2S/c1-17(2)23-20(5-4-12-29-23)24(33)30-19-8-6-18(7-9-19)10-13-32-14-11-22-21(15-32)31-25(35-22)34-16-26(3,27)28/h4-5,12,18-19H,1,6-11,13-16H2,2-3H3,(H,30,33)/t18-,19-. The minimum absolute atomic E-state index is 0.0714. The van der Waals surface area contributed by atoms with E-state index in [0.717, 1.165) is 81.2 Å². The minimum atomic E-state index is -2.85. The fourth-order valence-corrected chi connectivity index (χ4v) is 5.73. The number of hydrogen-bond donors (Lipinski definition) is 1. The second-order valence-corrected chi connectivity index (χ2v) is 10.9. The van der Waals surface area contributed by atoms with Gasteiger partial charge in [-0.05, 0) is 75.6 Å². The number of aromatic nitrogens is 2. The number of carbonyl (C=O) groups excluding carboxylic acids is 1. The van der Waals surface area contributed by atoms with Gasteiger partial charge in [0.2, 0.25) is 0 Å². The van der Waals surface area contributed by atoms with Gasteiger partial charge in [-0.15, -0.1) is 0 Å². The molecule has 0 unspecified atom stereocenters. The van der Waals surface area contributed by atoms with E-state index >= 15 is 0 Å². The molecule has 3 heterocycles. The number of pyridine rings is 1. The number of nitrogens with zero attached hydrogens (tertiary/aromatic N) is 3. The van der Waals surface area contributed by atoms with E-state index in [2.05, 4.69) is 26.8 Å². The molecule has 0 aromatic carbocycles. The average molecular weight is 505 g/mol. The highest BCUT2D eigenvalue weighted by molar-refractivity contribution is 7.13. The molecule has 35 heavy (non-hydrogen) atoms. The molecule has 1 aliphatic heterocycles. The third-order valence-corrected chi connectivity index (χ3v) is 7.80. The number of alkyl halides is 2. The fraction of sp³-hybridized carbons (Fsp3) is 0.577. The number of nitrogens with one attached hydrogen (secondary N) is 1. The van der Waals surface area contributed by atoms with Gasteiger partial charge in [0.25, 0.3) is 17.0 Å². The van der Waals surface area contributed by atoms with Crippen molar-refractivity contribution < 1.29 is 18.3 Å². The van der Waals surface area contributed by atoms with Crippen LogP contribution in [0.5, 0.6) is 5.19 Å². The second-order valence-electron chi connectivity index (χ2n) is 9.89. The summed E-state index contributed by atoms with van der Waals surface area (Å²) < 4.78 is 31.3. The smallest absolute Gasteiger partial charge is 0.278 e. The largest absolute Gasteiger partial charge is 0.464 e. The summed E-state index contributed by atoms with van der Waals surface area (Å²) in [5.74, 6) is -2.28. The molecular formula is C26H34F2N4O2S. The van der Waals surface area contributed by atoms with E-state index in [9.17, 15) is 13.6 Å². The van der Waals surface area contributed by atoms with Crippen LogP contribution < -0.4 is 10.1 Å². The van der Waals surface area contributed by atoms with Crippen molar-refractivity contribution in [2.24, 2.45) is 5.92 Å². The molecule has 1 N–H and O–H groups in total. The van der Waals surface area contributed by atoms with Gasteiger partial charge in [0.1, 0.15) is 0 Å². The summed E-state index contributed by atoms with van der Waals surface area (Å²) in [6.07, 6.45) is 7.86. The fourth-order valence-electron chi connectivity index (χ4n) is 4.82. The van der Waals surface area contributed by atoms with E-state index in [-0.39, 0.29) is 11.9 Å². The maximum atomic E-state index is 13.1. The molecule has 0 atom stereocenters. The van der Waals surface area contributed by atoms with E-state index in [1.165, 1.54) is 11.3 Å². The van der Waals surface area contributed by atoms with E-state index in [1.807, 2.05) is 6.92 Å². The van der Waals surface area contributed by atoms with Crippen LogP contribution in [0.25, 0.3) is 5.57 Å². The van der Waals surface area contributed by atoms with Crippen LogP contribution in [-0.4, -0.2) is 52.4 Å². The first-order valence-corrected chi connectivity index (χ1v) is 13.1. The highest BCUT2D eigenvalue weighted by Crippen LogP contribution is 2.32. The molecular weight excluding hydrogens is 470 g/mol. The van der Waals surface area contributed by atoms with Gasteiger partial charge < -0.3 is 10.1 Å². The van der Waals surface area contributed by atoms with Gasteiger partial charge in [0, 0.05) is 37.1 Å². The van der Waals surface area contributed by atoms with E-state index in [0.29, 0.717) is 22.4 Å². The van der Waals surface area contributed by atoms with E-state index in [4.69, 9.17) is 4.74 Å². The third-order valence-electron chi connectivity index (χ3n) is 6.73. The Labute approximate surface area is 209 Å². The zero-order chi connectivity index (χ0) is 25.0. The molecule has 0 radical (unpaired) electrons. The predicted octanol–water partition coefficient (Wildman–Crippen LogP) is 5.34. The number of hydrogen-bond acceptors (Lipinski definition) is 6. The molecule has 1 amide bonds. The molecule has 0 spiro atoms. The van der Waals surface area contributed by atoms with Crippen molar-refractivity contribution in [3.05, 3.63) is 46.7 Å². The summed E-state index contributed by atoms with van der Waals surface area (Å²) >= 11 is 1.39. The Morgan fingerprint density at radius 3 is 2.83 bits per heavy atom. The lowest BCUT2D eigenvalue weighted by atomic mass is 9.84. The first-order valence-electron chi connectivity index (χ1n) is 12.3. The highest BCUT2D eigenvalue weighted by atomic mass is 32.1. The van der Waals surface area contributed by atoms with Crippen LogP contribution in [-0.2, 0) is 13.0 Å². The van der Waals surface area contributed by atoms with E-state index < -0.39 is 12.5 Å². The van der Waals surface area contributed by atoms with Crippen molar-refractivity contribution in [1.29, 1.82) is 0 Å². The van der Waals surface area contributed by atoms with Crippen LogP contribution in [0.3, 0.4) is 0 Å². The van der Waals surface area contributed by atoms with Gasteiger partial charge in [0.15, 0.2) is 6.61 Å². The first kappa shape index (κ1) is 25.7. The normalized spacial score (nSPS) is 20.8. The van der Waals surface area contributed by atoms with Crippen molar-refractivity contribution in [2.45, 2.75) is 70.9 Å². The Morgan fingerprint density at radius 2 is 2.11 bits per heavy atom. The molecule has 2 aromatic heterocycles. The Morgan fingerprint density at radius 1 is 1.34 bits per heavy atom. The van der Waals surface area contributed by atoms with Gasteiger partial charge in [0.05, 0.1) is 17.0 Å². The minimum Gasteiger partial charge on any atom is -0.464 e. The molecule has 4 rings (SSSR count). The number of ether oxygens (including phenoxy) is 1. The Balaban J connectivity index is 1.20. The van der Waals surface area contributed by atoms with Crippen LogP contribution in [0.15, 0.2) is 24.9 Å². The summed E-state index contributed by atoms with van der Waals surface area (Å²) in [4.78, 5) is 25.1. The molecule has 1 fully saturated rings. The summed E-state index contributed by atoms with van der Waals surface area (Å²) in [5, 5.41) is 3.54. The van der Waals surface area contributed by atoms with Crippen molar-refractivity contribution in [3.63, 3.8) is 0 Å². The quantitative estimate of drug-likeness (QED) is 0.499. The molecule has 2 aliphatic rings. The van der Waals surface area contributed by atoms with E-state index in [1.54, 1.807) is 18.3 Å². The van der Waals surface area contributed by atoms with Crippen LogP contribution in [0.2, 0.25) is 0 Å². The molecule has 0 bridgehead atoms. The molecule has 1 aliphatic carbocycles. The maximum absolute atomic E-state index is 13.1. The van der Waals surface area contributed by atoms with Crippen molar-refractivity contribution in [2.75, 3.05) is 19.7 Å². The summed E-state index contributed by atoms with van der Waals surface area (Å²) in [7, 11) is 0. The lowest BCUT2D eigenvalue weighted by Crippen LogP contribution is -2.38. The van der Waals surface area contributed by atoms with Crippen molar-refractivity contribution in [1.82, 2.24) is 20.2 Å². The Bertz CT molecular complexity index is 1040. The maximum Gasteiger partial charge on any atom is 0.278 e. The number of fused-ring (bicyclic) bond motifs is 1. The lowest BCUT2D eigenvalue weighted by molar-refractivity contribution is -0.0230. The molecule has 190 valence electrons. The van der Waals surface area contributed by atoms with Gasteiger partial charge >= 0.3 is 0 Å². The molecule has 9 heteroatoms. The van der Waals surface area contributed by atoms with Crippen LogP contribution in [0.1, 0.15) is 72.6 Å². The zero-order valence-corrected chi connectivity index (χ0v) is 21.3. The van der Waals surface area contributed by atoms with Gasteiger partial charge in [-0.1, -0.05) is 17.9 Å². The first-order chi connectivity index (χ1) is 16.7. The SMILES string of the molecule is C=C(C)c1ncccc1C(=O)N[C@H]1CC[C@H](CCN2CCc3sc(OCC(C)(F)F)nc3C2)CC1. The van der Waals surface area contributed by atoms with Crippen LogP contribution in [0, 0.1) is 5.92 Å². The lowest BCUT2D eigenvalue weighted by Gasteiger charge is -2.32. The zero-order valence-electron chi connectivity index (χ0n) is 20.5. The molecule has 6 nitrogen and oxygen atoms in total. The second kappa shape index (κ2) is 11.1. The summed E-state index contributed by atoms with van der Waals surface area (Å²) in [6, 6.07) is 3.78. The van der Waals surface area contributed by atoms with Gasteiger partial charge in [-0.25, -0.2) is 13.8 Å². The topological polar surface area (TPSA) is 67.4 Å². The van der Waals surface area contributed by atoms with Crippen molar-refractivity contribution in [3.8, 4) is 5.19 Å². The number of thiazole rings is 1. The van der Waals surface area contributed by atoms with Crippen molar-refractivity contribution >= 4 is 22.8 Å². The number of amides is 1. The van der Waals surface area contributed by atoms with Crippen LogP contribution >= 0.6 is 11.3 Å². The van der Waals surface area contributed by atoms with Gasteiger partial charge in [-0.2, -0.15) is 0 Å². The Kier molecular flexibility index (Phi) is 8.16. The van der Waals surface area contributed by atoms with Gasteiger partial charge in [-0.3, -0.25) is 14.7 Å².